The van der Waals surface area contributed by atoms with Gasteiger partial charge in [0.1, 0.15) is 5.75 Å². The van der Waals surface area contributed by atoms with Crippen LogP contribution in [0.15, 0.2) is 52.3 Å². The van der Waals surface area contributed by atoms with E-state index in [1.165, 1.54) is 16.0 Å². The molecule has 0 atom stereocenters. The van der Waals surface area contributed by atoms with E-state index < -0.39 is 0 Å². The molecule has 0 saturated heterocycles. The summed E-state index contributed by atoms with van der Waals surface area (Å²) in [4.78, 5) is 21.7. The first-order chi connectivity index (χ1) is 13.5. The Bertz CT molecular complexity index is 1220. The molecule has 0 aliphatic carbocycles. The first-order valence-electron chi connectivity index (χ1n) is 8.70. The Morgan fingerprint density at radius 2 is 2.07 bits per heavy atom. The van der Waals surface area contributed by atoms with Crippen LogP contribution in [-0.4, -0.2) is 27.6 Å². The zero-order valence-electron chi connectivity index (χ0n) is 15.3. The monoisotopic (exact) mass is 412 g/mol. The van der Waals surface area contributed by atoms with Crippen molar-refractivity contribution in [2.24, 2.45) is 4.99 Å². The number of aromatic nitrogens is 3. The van der Waals surface area contributed by atoms with Gasteiger partial charge in [-0.25, -0.2) is 14.7 Å². The van der Waals surface area contributed by atoms with Gasteiger partial charge in [0.15, 0.2) is 0 Å². The molecule has 0 unspecified atom stereocenters. The number of nitrogens with one attached hydrogen (secondary N) is 1. The molecule has 0 aliphatic heterocycles. The Balaban J connectivity index is 1.65. The lowest BCUT2D eigenvalue weighted by atomic mass is 10.3. The molecule has 28 heavy (non-hydrogen) atoms. The minimum absolute atomic E-state index is 0.177. The predicted octanol–water partition coefficient (Wildman–Crippen LogP) is 4.89. The van der Waals surface area contributed by atoms with Crippen LogP contribution in [0, 0.1) is 6.92 Å². The molecular weight excluding hydrogens is 396 g/mol. The summed E-state index contributed by atoms with van der Waals surface area (Å²) in [6, 6.07) is 12.8. The molecule has 0 saturated carbocycles. The molecule has 0 fully saturated rings. The Morgan fingerprint density at radius 1 is 1.29 bits per heavy atom. The van der Waals surface area contributed by atoms with E-state index in [9.17, 15) is 4.79 Å². The third kappa shape index (κ3) is 3.58. The molecular formula is C20H17ClN4O2S. The number of H-pyrrole nitrogens is 1. The number of aryl methyl sites for hydroxylation is 1. The highest BCUT2D eigenvalue weighted by atomic mass is 35.5. The summed E-state index contributed by atoms with van der Waals surface area (Å²) in [5.41, 5.74) is 2.60. The lowest BCUT2D eigenvalue weighted by Crippen LogP contribution is -2.17. The second kappa shape index (κ2) is 7.61. The molecule has 0 amide bonds. The molecule has 0 radical (unpaired) electrons. The van der Waals surface area contributed by atoms with Crippen molar-refractivity contribution in [2.45, 2.75) is 13.8 Å². The standard InChI is InChI=1S/C20H17ClN4O2S/c1-3-27-15-8-9-17-18(10-15)28-20(23-17)22-11-16-12(2)24-25(19(16)26)14-6-4-13(21)5-7-14/h4-11,24H,3H2,1-2H3. The molecule has 2 aromatic carbocycles. The fraction of sp³-hybridized carbons (Fsp3) is 0.150. The van der Waals surface area contributed by atoms with Crippen LogP contribution in [0.1, 0.15) is 18.2 Å². The third-order valence-electron chi connectivity index (χ3n) is 4.17. The van der Waals surface area contributed by atoms with Crippen molar-refractivity contribution in [3.05, 3.63) is 69.1 Å². The van der Waals surface area contributed by atoms with Gasteiger partial charge in [0.05, 0.1) is 28.1 Å². The van der Waals surface area contributed by atoms with Crippen LogP contribution in [0.2, 0.25) is 5.02 Å². The molecule has 6 nitrogen and oxygen atoms in total. The molecule has 2 heterocycles. The van der Waals surface area contributed by atoms with E-state index >= 15 is 0 Å². The van der Waals surface area contributed by atoms with E-state index in [0.29, 0.717) is 28.0 Å². The molecule has 4 rings (SSSR count). The Kier molecular flexibility index (Phi) is 5.02. The second-order valence-electron chi connectivity index (χ2n) is 6.08. The summed E-state index contributed by atoms with van der Waals surface area (Å²) >= 11 is 7.37. The average Bonchev–Trinajstić information content (AvgIpc) is 3.21. The number of thiazole rings is 1. The number of ether oxygens (including phenoxy) is 1. The van der Waals surface area contributed by atoms with Crippen LogP contribution in [0.25, 0.3) is 15.9 Å². The van der Waals surface area contributed by atoms with Crippen molar-refractivity contribution in [1.82, 2.24) is 14.8 Å². The smallest absolute Gasteiger partial charge is 0.280 e. The number of aliphatic imine (C=N–C) groups is 1. The van der Waals surface area contributed by atoms with Gasteiger partial charge in [-0.15, -0.1) is 0 Å². The van der Waals surface area contributed by atoms with Crippen LogP contribution in [0.5, 0.6) is 5.75 Å². The first-order valence-corrected chi connectivity index (χ1v) is 9.89. The van der Waals surface area contributed by atoms with Gasteiger partial charge in [-0.05, 0) is 56.3 Å². The van der Waals surface area contributed by atoms with Crippen LogP contribution < -0.4 is 10.3 Å². The van der Waals surface area contributed by atoms with E-state index in [1.807, 2.05) is 32.0 Å². The minimum atomic E-state index is -0.177. The molecule has 2 aromatic heterocycles. The number of nitrogens with zero attached hydrogens (tertiary/aromatic N) is 3. The van der Waals surface area contributed by atoms with Crippen LogP contribution in [0.3, 0.4) is 0 Å². The minimum Gasteiger partial charge on any atom is -0.494 e. The highest BCUT2D eigenvalue weighted by Crippen LogP contribution is 2.30. The number of hydrogen-bond donors (Lipinski definition) is 1. The van der Waals surface area contributed by atoms with Crippen LogP contribution >= 0.6 is 22.9 Å². The van der Waals surface area contributed by atoms with Gasteiger partial charge in [-0.3, -0.25) is 9.89 Å². The van der Waals surface area contributed by atoms with Crippen LogP contribution in [0.4, 0.5) is 5.13 Å². The quantitative estimate of drug-likeness (QED) is 0.474. The molecule has 1 N–H and O–H groups in total. The van der Waals surface area contributed by atoms with Gasteiger partial charge in [0.2, 0.25) is 5.13 Å². The number of rotatable bonds is 5. The van der Waals surface area contributed by atoms with Gasteiger partial charge >= 0.3 is 0 Å². The molecule has 0 aliphatic rings. The maximum absolute atomic E-state index is 12.8. The number of fused-ring (bicyclic) bond motifs is 1. The summed E-state index contributed by atoms with van der Waals surface area (Å²) in [6.07, 6.45) is 1.56. The third-order valence-corrected chi connectivity index (χ3v) is 5.34. The van der Waals surface area contributed by atoms with Crippen molar-refractivity contribution in [3.63, 3.8) is 0 Å². The zero-order chi connectivity index (χ0) is 19.7. The Labute approximate surface area is 170 Å². The van der Waals surface area contributed by atoms with E-state index in [-0.39, 0.29) is 5.56 Å². The molecule has 4 aromatic rings. The van der Waals surface area contributed by atoms with Crippen molar-refractivity contribution in [1.29, 1.82) is 0 Å². The van der Waals surface area contributed by atoms with Gasteiger partial charge in [0, 0.05) is 16.9 Å². The van der Waals surface area contributed by atoms with E-state index in [1.54, 1.807) is 30.5 Å². The van der Waals surface area contributed by atoms with Gasteiger partial charge in [-0.2, -0.15) is 0 Å². The highest BCUT2D eigenvalue weighted by Gasteiger charge is 2.11. The number of halogens is 1. The Hall–Kier alpha value is -2.90. The summed E-state index contributed by atoms with van der Waals surface area (Å²) in [6.45, 7) is 4.40. The predicted molar refractivity (Wildman–Crippen MR) is 114 cm³/mol. The Morgan fingerprint density at radius 3 is 2.82 bits per heavy atom. The SMILES string of the molecule is CCOc1ccc2nc(N=Cc3c(C)[nH]n(-c4ccc(Cl)cc4)c3=O)sc2c1. The van der Waals surface area contributed by atoms with Crippen molar-refractivity contribution < 1.29 is 4.74 Å². The molecule has 142 valence electrons. The van der Waals surface area contributed by atoms with E-state index in [0.717, 1.165) is 21.7 Å². The number of benzene rings is 2. The van der Waals surface area contributed by atoms with Gasteiger partial charge < -0.3 is 4.74 Å². The fourth-order valence-electron chi connectivity index (χ4n) is 2.81. The van der Waals surface area contributed by atoms with Crippen molar-refractivity contribution in [3.8, 4) is 11.4 Å². The maximum Gasteiger partial charge on any atom is 0.280 e. The second-order valence-corrected chi connectivity index (χ2v) is 7.53. The number of hydrogen-bond acceptors (Lipinski definition) is 5. The molecule has 0 bridgehead atoms. The molecule has 0 spiro atoms. The summed E-state index contributed by atoms with van der Waals surface area (Å²) in [5.74, 6) is 0.807. The topological polar surface area (TPSA) is 72.3 Å². The van der Waals surface area contributed by atoms with Gasteiger partial charge in [0.25, 0.3) is 5.56 Å². The summed E-state index contributed by atoms with van der Waals surface area (Å²) < 4.78 is 7.98. The highest BCUT2D eigenvalue weighted by molar-refractivity contribution is 7.22. The largest absolute Gasteiger partial charge is 0.494 e. The van der Waals surface area contributed by atoms with Gasteiger partial charge in [-0.1, -0.05) is 22.9 Å². The summed E-state index contributed by atoms with van der Waals surface area (Å²) in [5, 5.41) is 4.27. The lowest BCUT2D eigenvalue weighted by Gasteiger charge is -2.00. The van der Waals surface area contributed by atoms with Crippen molar-refractivity contribution >= 4 is 44.5 Å². The first kappa shape index (κ1) is 18.5. The normalized spacial score (nSPS) is 11.5. The summed E-state index contributed by atoms with van der Waals surface area (Å²) in [7, 11) is 0. The van der Waals surface area contributed by atoms with Crippen molar-refractivity contribution in [2.75, 3.05) is 6.61 Å². The van der Waals surface area contributed by atoms with E-state index in [2.05, 4.69) is 15.1 Å². The van der Waals surface area contributed by atoms with E-state index in [4.69, 9.17) is 16.3 Å². The molecule has 8 heteroatoms. The average molecular weight is 413 g/mol. The number of aromatic amines is 1. The fourth-order valence-corrected chi connectivity index (χ4v) is 3.77. The lowest BCUT2D eigenvalue weighted by molar-refractivity contribution is 0.341. The zero-order valence-corrected chi connectivity index (χ0v) is 16.8. The maximum atomic E-state index is 12.8. The van der Waals surface area contributed by atoms with Crippen LogP contribution in [-0.2, 0) is 0 Å².